The van der Waals surface area contributed by atoms with Crippen molar-refractivity contribution in [2.24, 2.45) is 4.99 Å². The molecule has 98 valence electrons. The number of hydrogen-bond donors (Lipinski definition) is 0. The minimum atomic E-state index is -0.461. The molecule has 0 spiro atoms. The second kappa shape index (κ2) is 5.97. The average molecular weight is 284 g/mol. The van der Waals surface area contributed by atoms with E-state index in [1.54, 1.807) is 24.3 Å². The fraction of sp³-hybridized carbons (Fsp3) is 0. The molecule has 0 bridgehead atoms. The van der Waals surface area contributed by atoms with Gasteiger partial charge in [0.1, 0.15) is 4.99 Å². The van der Waals surface area contributed by atoms with Gasteiger partial charge in [0, 0.05) is 17.7 Å². The van der Waals surface area contributed by atoms with Crippen molar-refractivity contribution >= 4 is 29.0 Å². The number of nitrogens with zero attached hydrogens (tertiary/aromatic N) is 2. The number of nitro groups is 1. The predicted molar refractivity (Wildman–Crippen MR) is 78.4 cm³/mol. The van der Waals surface area contributed by atoms with Crippen molar-refractivity contribution in [2.45, 2.75) is 0 Å². The van der Waals surface area contributed by atoms with Crippen molar-refractivity contribution in [3.63, 3.8) is 0 Å². The zero-order valence-corrected chi connectivity index (χ0v) is 11.0. The van der Waals surface area contributed by atoms with Crippen molar-refractivity contribution in [3.05, 3.63) is 64.2 Å². The summed E-state index contributed by atoms with van der Waals surface area (Å²) in [5.74, 6) is 0. The first-order chi connectivity index (χ1) is 9.63. The second-order valence-corrected chi connectivity index (χ2v) is 4.24. The minimum Gasteiger partial charge on any atom is -0.258 e. The maximum absolute atomic E-state index is 10.6. The molecule has 0 unspecified atom stereocenters. The number of non-ortho nitro benzene ring substituents is 1. The van der Waals surface area contributed by atoms with Crippen molar-refractivity contribution in [1.82, 2.24) is 0 Å². The van der Waals surface area contributed by atoms with Gasteiger partial charge < -0.3 is 0 Å². The fourth-order valence-electron chi connectivity index (χ4n) is 1.79. The lowest BCUT2D eigenvalue weighted by molar-refractivity contribution is -0.384. The van der Waals surface area contributed by atoms with E-state index in [2.05, 4.69) is 4.99 Å². The van der Waals surface area contributed by atoms with Crippen LogP contribution in [0.15, 0.2) is 53.5 Å². The van der Waals surface area contributed by atoms with Gasteiger partial charge in [-0.2, -0.15) is 4.99 Å². The minimum absolute atomic E-state index is 0.0136. The van der Waals surface area contributed by atoms with Crippen molar-refractivity contribution in [1.29, 1.82) is 0 Å². The van der Waals surface area contributed by atoms with Crippen LogP contribution in [0.5, 0.6) is 0 Å². The first-order valence-electron chi connectivity index (χ1n) is 5.59. The summed E-state index contributed by atoms with van der Waals surface area (Å²) in [6.07, 6.45) is 1.41. The van der Waals surface area contributed by atoms with E-state index < -0.39 is 4.92 Å². The lowest BCUT2D eigenvalue weighted by atomic mass is 9.99. The van der Waals surface area contributed by atoms with Crippen molar-refractivity contribution in [3.8, 4) is 11.1 Å². The Bertz CT molecular complexity index is 719. The van der Waals surface area contributed by atoms with E-state index in [-0.39, 0.29) is 10.7 Å². The van der Waals surface area contributed by atoms with Gasteiger partial charge in [-0.05, 0) is 23.3 Å². The number of hydrogen-bond acceptors (Lipinski definition) is 4. The molecule has 0 aliphatic rings. The fourth-order valence-corrected chi connectivity index (χ4v) is 2.00. The van der Waals surface area contributed by atoms with Crippen LogP contribution in [-0.2, 0) is 4.79 Å². The smallest absolute Gasteiger partial charge is 0.258 e. The molecule has 0 radical (unpaired) electrons. The molecular formula is C14H8N2O3S. The molecule has 2 rings (SSSR count). The molecule has 0 aromatic heterocycles. The Kier molecular flexibility index (Phi) is 4.10. The van der Waals surface area contributed by atoms with Crippen LogP contribution in [0.1, 0.15) is 5.56 Å². The Morgan fingerprint density at radius 2 is 1.80 bits per heavy atom. The van der Waals surface area contributed by atoms with Gasteiger partial charge in [0.05, 0.1) is 4.92 Å². The Hall–Kier alpha value is -2.69. The monoisotopic (exact) mass is 284 g/mol. The molecule has 0 atom stereocenters. The molecule has 20 heavy (non-hydrogen) atoms. The quantitative estimate of drug-likeness (QED) is 0.285. The van der Waals surface area contributed by atoms with Crippen LogP contribution in [-0.4, -0.2) is 16.0 Å². The lowest BCUT2D eigenvalue weighted by Gasteiger charge is -2.07. The highest BCUT2D eigenvalue weighted by molar-refractivity contribution is 7.80. The number of rotatable bonds is 3. The SMILES string of the molecule is O=C=NC(=S)c1ccccc1-c1ccc([N+](=O)[O-])cc1. The summed E-state index contributed by atoms with van der Waals surface area (Å²) in [7, 11) is 0. The number of benzene rings is 2. The predicted octanol–water partition coefficient (Wildman–Crippen LogP) is 3.27. The first kappa shape index (κ1) is 13.7. The molecule has 2 aromatic carbocycles. The van der Waals surface area contributed by atoms with Crippen LogP contribution < -0.4 is 0 Å². The molecule has 2 aromatic rings. The van der Waals surface area contributed by atoms with Gasteiger partial charge in [0.25, 0.3) is 5.69 Å². The molecule has 5 nitrogen and oxygen atoms in total. The maximum atomic E-state index is 10.6. The Balaban J connectivity index is 2.50. The molecule has 0 heterocycles. The average Bonchev–Trinajstić information content (AvgIpc) is 2.47. The Morgan fingerprint density at radius 3 is 2.40 bits per heavy atom. The van der Waals surface area contributed by atoms with Gasteiger partial charge in [-0.25, -0.2) is 4.79 Å². The second-order valence-electron chi connectivity index (χ2n) is 3.86. The molecular weight excluding hydrogens is 276 g/mol. The van der Waals surface area contributed by atoms with E-state index in [1.165, 1.54) is 18.2 Å². The lowest BCUT2D eigenvalue weighted by Crippen LogP contribution is -1.96. The topological polar surface area (TPSA) is 72.6 Å². The summed E-state index contributed by atoms with van der Waals surface area (Å²) < 4.78 is 0. The summed E-state index contributed by atoms with van der Waals surface area (Å²) in [5.41, 5.74) is 2.14. The molecule has 0 aliphatic heterocycles. The van der Waals surface area contributed by atoms with Crippen LogP contribution in [0, 0.1) is 10.1 Å². The number of aliphatic imine (C=N–C) groups is 1. The van der Waals surface area contributed by atoms with Gasteiger partial charge in [-0.15, -0.1) is 0 Å². The van der Waals surface area contributed by atoms with E-state index in [0.717, 1.165) is 11.1 Å². The highest BCUT2D eigenvalue weighted by Gasteiger charge is 2.10. The third kappa shape index (κ3) is 2.83. The standard InChI is InChI=1S/C14H8N2O3S/c17-9-15-14(20)13-4-2-1-3-12(13)10-5-7-11(8-6-10)16(18)19/h1-8H. The van der Waals surface area contributed by atoms with Gasteiger partial charge in [0.15, 0.2) is 0 Å². The van der Waals surface area contributed by atoms with E-state index >= 15 is 0 Å². The number of thiocarbonyl (C=S) groups is 1. The molecule has 6 heteroatoms. The van der Waals surface area contributed by atoms with Gasteiger partial charge >= 0.3 is 0 Å². The summed E-state index contributed by atoms with van der Waals surface area (Å²) in [4.78, 5) is 24.1. The van der Waals surface area contributed by atoms with E-state index in [1.807, 2.05) is 12.1 Å². The maximum Gasteiger partial charge on any atom is 0.269 e. The summed E-state index contributed by atoms with van der Waals surface area (Å²) in [6.45, 7) is 0. The third-order valence-corrected chi connectivity index (χ3v) is 3.00. The largest absolute Gasteiger partial charge is 0.269 e. The first-order valence-corrected chi connectivity index (χ1v) is 6.00. The molecule has 0 saturated carbocycles. The van der Waals surface area contributed by atoms with Crippen molar-refractivity contribution in [2.75, 3.05) is 0 Å². The zero-order chi connectivity index (χ0) is 14.5. The summed E-state index contributed by atoms with van der Waals surface area (Å²) in [5, 5.41) is 10.6. The molecule has 0 saturated heterocycles. The Morgan fingerprint density at radius 1 is 1.15 bits per heavy atom. The third-order valence-electron chi connectivity index (χ3n) is 2.69. The number of nitro benzene ring substituents is 1. The molecule has 0 amide bonds. The normalized spacial score (nSPS) is 9.60. The van der Waals surface area contributed by atoms with Crippen LogP contribution in [0.2, 0.25) is 0 Å². The molecule has 0 N–H and O–H groups in total. The number of isocyanates is 1. The Labute approximate surface area is 119 Å². The van der Waals surface area contributed by atoms with E-state index in [4.69, 9.17) is 12.2 Å². The van der Waals surface area contributed by atoms with Crippen LogP contribution in [0.3, 0.4) is 0 Å². The highest BCUT2D eigenvalue weighted by atomic mass is 32.1. The zero-order valence-electron chi connectivity index (χ0n) is 10.1. The van der Waals surface area contributed by atoms with Crippen LogP contribution in [0.25, 0.3) is 11.1 Å². The summed E-state index contributed by atoms with van der Waals surface area (Å²) in [6, 6.07) is 13.2. The summed E-state index contributed by atoms with van der Waals surface area (Å²) >= 11 is 5.04. The molecule has 0 aliphatic carbocycles. The van der Waals surface area contributed by atoms with E-state index in [9.17, 15) is 14.9 Å². The molecule has 0 fully saturated rings. The number of carbonyl (C=O) groups excluding carboxylic acids is 1. The van der Waals surface area contributed by atoms with Crippen molar-refractivity contribution < 1.29 is 9.72 Å². The van der Waals surface area contributed by atoms with E-state index in [0.29, 0.717) is 5.56 Å². The van der Waals surface area contributed by atoms with Gasteiger partial charge in [-0.3, -0.25) is 10.1 Å². The van der Waals surface area contributed by atoms with Gasteiger partial charge in [-0.1, -0.05) is 36.5 Å². The highest BCUT2D eigenvalue weighted by Crippen LogP contribution is 2.26. The van der Waals surface area contributed by atoms with Crippen LogP contribution >= 0.6 is 12.2 Å². The van der Waals surface area contributed by atoms with Crippen LogP contribution in [0.4, 0.5) is 5.69 Å². The van der Waals surface area contributed by atoms with Gasteiger partial charge in [0.2, 0.25) is 6.08 Å².